The van der Waals surface area contributed by atoms with Crippen molar-refractivity contribution in [1.29, 1.82) is 0 Å². The number of aromatic nitrogens is 3. The van der Waals surface area contributed by atoms with Gasteiger partial charge in [0, 0.05) is 49.9 Å². The standard InChI is InChI=1S/C24H25FN6OS/c1-16-20-14-21(33-24(20)31(28-16)19-7-5-18(25)6-8-19)23(32)27-15-17-4-3-9-26-22(17)30-12-10-29(2)11-13-30/h3-9,14H,10-13,15H2,1-2H3,(H,27,32). The van der Waals surface area contributed by atoms with Crippen LogP contribution in [0.3, 0.4) is 0 Å². The zero-order valence-electron chi connectivity index (χ0n) is 18.6. The molecule has 1 fully saturated rings. The first-order valence-corrected chi connectivity index (χ1v) is 11.7. The Labute approximate surface area is 195 Å². The van der Waals surface area contributed by atoms with Crippen molar-refractivity contribution in [3.05, 3.63) is 70.6 Å². The van der Waals surface area contributed by atoms with Gasteiger partial charge in [-0.05, 0) is 50.4 Å². The van der Waals surface area contributed by atoms with Crippen LogP contribution in [0.5, 0.6) is 0 Å². The molecule has 7 nitrogen and oxygen atoms in total. The number of thiophene rings is 1. The molecule has 0 saturated carbocycles. The molecule has 0 unspecified atom stereocenters. The minimum atomic E-state index is -0.295. The second-order valence-electron chi connectivity index (χ2n) is 8.26. The number of rotatable bonds is 5. The molecule has 170 valence electrons. The molecule has 0 atom stereocenters. The Morgan fingerprint density at radius 2 is 1.91 bits per heavy atom. The summed E-state index contributed by atoms with van der Waals surface area (Å²) in [6.07, 6.45) is 1.80. The molecule has 0 aliphatic carbocycles. The van der Waals surface area contributed by atoms with E-state index in [-0.39, 0.29) is 11.7 Å². The normalized spacial score (nSPS) is 14.7. The Hall–Kier alpha value is -3.30. The smallest absolute Gasteiger partial charge is 0.261 e. The van der Waals surface area contributed by atoms with E-state index >= 15 is 0 Å². The van der Waals surface area contributed by atoms with E-state index in [0.29, 0.717) is 11.4 Å². The zero-order chi connectivity index (χ0) is 22.9. The number of carbonyl (C=O) groups is 1. The van der Waals surface area contributed by atoms with Gasteiger partial charge >= 0.3 is 0 Å². The lowest BCUT2D eigenvalue weighted by molar-refractivity contribution is 0.0955. The highest BCUT2D eigenvalue weighted by Crippen LogP contribution is 2.30. The van der Waals surface area contributed by atoms with Crippen LogP contribution in [0.1, 0.15) is 20.9 Å². The van der Waals surface area contributed by atoms with Crippen molar-refractivity contribution in [3.63, 3.8) is 0 Å². The van der Waals surface area contributed by atoms with Crippen molar-refractivity contribution in [1.82, 2.24) is 25.0 Å². The maximum absolute atomic E-state index is 13.3. The average Bonchev–Trinajstić information content (AvgIpc) is 3.40. The van der Waals surface area contributed by atoms with Gasteiger partial charge in [0.05, 0.1) is 16.3 Å². The van der Waals surface area contributed by atoms with Crippen LogP contribution in [0.15, 0.2) is 48.7 Å². The summed E-state index contributed by atoms with van der Waals surface area (Å²) >= 11 is 1.38. The topological polar surface area (TPSA) is 66.3 Å². The number of nitrogens with zero attached hydrogens (tertiary/aromatic N) is 5. The highest BCUT2D eigenvalue weighted by atomic mass is 32.1. The Morgan fingerprint density at radius 1 is 1.15 bits per heavy atom. The van der Waals surface area contributed by atoms with Gasteiger partial charge in [-0.3, -0.25) is 4.79 Å². The first-order chi connectivity index (χ1) is 16.0. The monoisotopic (exact) mass is 464 g/mol. The van der Waals surface area contributed by atoms with Gasteiger partial charge in [-0.2, -0.15) is 5.10 Å². The van der Waals surface area contributed by atoms with Crippen LogP contribution in [0.2, 0.25) is 0 Å². The third-order valence-corrected chi connectivity index (χ3v) is 7.06. The molecule has 9 heteroatoms. The van der Waals surface area contributed by atoms with Gasteiger partial charge in [0.2, 0.25) is 0 Å². The van der Waals surface area contributed by atoms with Gasteiger partial charge in [0.25, 0.3) is 5.91 Å². The van der Waals surface area contributed by atoms with Crippen molar-refractivity contribution in [2.24, 2.45) is 0 Å². The van der Waals surface area contributed by atoms with Gasteiger partial charge in [0.1, 0.15) is 16.5 Å². The van der Waals surface area contributed by atoms with Crippen molar-refractivity contribution in [3.8, 4) is 5.69 Å². The molecule has 1 N–H and O–H groups in total. The molecule has 1 amide bonds. The van der Waals surface area contributed by atoms with Crippen LogP contribution in [0.25, 0.3) is 15.9 Å². The molecular weight excluding hydrogens is 439 g/mol. The summed E-state index contributed by atoms with van der Waals surface area (Å²) in [5.41, 5.74) is 2.59. The number of pyridine rings is 1. The van der Waals surface area contributed by atoms with E-state index in [2.05, 4.69) is 32.2 Å². The number of halogens is 1. The number of amides is 1. The number of carbonyl (C=O) groups excluding carboxylic acids is 1. The zero-order valence-corrected chi connectivity index (χ0v) is 19.4. The lowest BCUT2D eigenvalue weighted by Crippen LogP contribution is -2.45. The molecule has 1 aromatic carbocycles. The number of fused-ring (bicyclic) bond motifs is 1. The van der Waals surface area contributed by atoms with Gasteiger partial charge in [-0.1, -0.05) is 6.07 Å². The molecule has 0 spiro atoms. The van der Waals surface area contributed by atoms with E-state index in [4.69, 9.17) is 0 Å². The summed E-state index contributed by atoms with van der Waals surface area (Å²) in [4.78, 5) is 23.7. The van der Waals surface area contributed by atoms with E-state index in [1.807, 2.05) is 25.1 Å². The first kappa shape index (κ1) is 21.5. The molecule has 4 heterocycles. The van der Waals surface area contributed by atoms with Crippen molar-refractivity contribution < 1.29 is 9.18 Å². The number of nitrogens with one attached hydrogen (secondary N) is 1. The van der Waals surface area contributed by atoms with Crippen LogP contribution in [0, 0.1) is 12.7 Å². The first-order valence-electron chi connectivity index (χ1n) is 10.9. The molecule has 1 aliphatic heterocycles. The van der Waals surface area contributed by atoms with Crippen LogP contribution in [-0.4, -0.2) is 58.8 Å². The van der Waals surface area contributed by atoms with Crippen LogP contribution >= 0.6 is 11.3 Å². The van der Waals surface area contributed by atoms with Crippen molar-refractivity contribution in [2.45, 2.75) is 13.5 Å². The summed E-state index contributed by atoms with van der Waals surface area (Å²) in [5, 5.41) is 8.55. The highest BCUT2D eigenvalue weighted by molar-refractivity contribution is 7.20. The van der Waals surface area contributed by atoms with Crippen LogP contribution in [-0.2, 0) is 6.54 Å². The number of anilines is 1. The fourth-order valence-electron chi connectivity index (χ4n) is 4.05. The molecule has 33 heavy (non-hydrogen) atoms. The van der Waals surface area contributed by atoms with Gasteiger partial charge in [-0.25, -0.2) is 14.1 Å². The van der Waals surface area contributed by atoms with Crippen molar-refractivity contribution in [2.75, 3.05) is 38.1 Å². The Bertz CT molecular complexity index is 1290. The number of hydrogen-bond acceptors (Lipinski definition) is 6. The van der Waals surface area contributed by atoms with Gasteiger partial charge in [-0.15, -0.1) is 11.3 Å². The second-order valence-corrected chi connectivity index (χ2v) is 9.29. The largest absolute Gasteiger partial charge is 0.354 e. The lowest BCUT2D eigenvalue weighted by atomic mass is 10.2. The van der Waals surface area contributed by atoms with E-state index in [1.165, 1.54) is 23.5 Å². The maximum Gasteiger partial charge on any atom is 0.261 e. The van der Waals surface area contributed by atoms with E-state index in [1.54, 1.807) is 23.0 Å². The third kappa shape index (κ3) is 4.34. The molecule has 0 radical (unpaired) electrons. The fraction of sp³-hybridized carbons (Fsp3) is 0.292. The predicted octanol–water partition coefficient (Wildman–Crippen LogP) is 3.61. The Kier molecular flexibility index (Phi) is 5.82. The van der Waals surface area contributed by atoms with E-state index in [0.717, 1.165) is 59.2 Å². The lowest BCUT2D eigenvalue weighted by Gasteiger charge is -2.34. The molecule has 5 rings (SSSR count). The Balaban J connectivity index is 1.34. The van der Waals surface area contributed by atoms with E-state index in [9.17, 15) is 9.18 Å². The summed E-state index contributed by atoms with van der Waals surface area (Å²) < 4.78 is 15.1. The molecule has 3 aromatic heterocycles. The number of hydrogen-bond donors (Lipinski definition) is 1. The fourth-order valence-corrected chi connectivity index (χ4v) is 5.15. The quantitative estimate of drug-likeness (QED) is 0.489. The maximum atomic E-state index is 13.3. The third-order valence-electron chi connectivity index (χ3n) is 5.95. The van der Waals surface area contributed by atoms with Crippen LogP contribution in [0.4, 0.5) is 10.2 Å². The van der Waals surface area contributed by atoms with Gasteiger partial charge in [0.15, 0.2) is 0 Å². The molecule has 4 aromatic rings. The number of aryl methyl sites for hydroxylation is 1. The highest BCUT2D eigenvalue weighted by Gasteiger charge is 2.20. The van der Waals surface area contributed by atoms with E-state index < -0.39 is 0 Å². The summed E-state index contributed by atoms with van der Waals surface area (Å²) in [7, 11) is 2.12. The molecule has 1 aliphatic rings. The predicted molar refractivity (Wildman–Crippen MR) is 129 cm³/mol. The summed E-state index contributed by atoms with van der Waals surface area (Å²) in [5.74, 6) is 0.510. The number of piperazine rings is 1. The van der Waals surface area contributed by atoms with Crippen molar-refractivity contribution >= 4 is 33.3 Å². The minimum absolute atomic E-state index is 0.130. The number of benzene rings is 1. The molecule has 1 saturated heterocycles. The second kappa shape index (κ2) is 8.92. The molecule has 0 bridgehead atoms. The Morgan fingerprint density at radius 3 is 2.67 bits per heavy atom. The average molecular weight is 465 g/mol. The minimum Gasteiger partial charge on any atom is -0.354 e. The molecular formula is C24H25FN6OS. The summed E-state index contributed by atoms with van der Waals surface area (Å²) in [6.45, 7) is 6.15. The summed E-state index contributed by atoms with van der Waals surface area (Å²) in [6, 6.07) is 12.0. The van der Waals surface area contributed by atoms with Gasteiger partial charge < -0.3 is 15.1 Å². The SMILES string of the molecule is Cc1nn(-c2ccc(F)cc2)c2sc(C(=O)NCc3cccnc3N3CCN(C)CC3)cc12. The van der Waals surface area contributed by atoms with Crippen LogP contribution < -0.4 is 10.2 Å². The number of likely N-dealkylation sites (N-methyl/N-ethyl adjacent to an activating group) is 1.